The van der Waals surface area contributed by atoms with E-state index in [0.717, 1.165) is 0 Å². The van der Waals surface area contributed by atoms with Gasteiger partial charge in [0.05, 0.1) is 13.1 Å². The van der Waals surface area contributed by atoms with Gasteiger partial charge < -0.3 is 19.9 Å². The van der Waals surface area contributed by atoms with Crippen LogP contribution in [0.3, 0.4) is 0 Å². The highest BCUT2D eigenvalue weighted by Gasteiger charge is 2.15. The van der Waals surface area contributed by atoms with E-state index in [2.05, 4.69) is 5.32 Å². The number of hydrogen-bond acceptors (Lipinski definition) is 3. The lowest BCUT2D eigenvalue weighted by molar-refractivity contribution is 0.185. The normalized spacial score (nSPS) is 10.7. The number of nitrogens with zero attached hydrogens (tertiary/aromatic N) is 2. The molecule has 2 aromatic rings. The van der Waals surface area contributed by atoms with E-state index in [9.17, 15) is 13.6 Å². The number of urea groups is 1. The van der Waals surface area contributed by atoms with Crippen LogP contribution in [-0.4, -0.2) is 56.2 Å². The van der Waals surface area contributed by atoms with Crippen molar-refractivity contribution in [3.8, 4) is 5.75 Å². The van der Waals surface area contributed by atoms with Crippen LogP contribution in [0.5, 0.6) is 5.75 Å². The molecule has 0 saturated heterocycles. The van der Waals surface area contributed by atoms with Crippen molar-refractivity contribution >= 4 is 6.03 Å². The highest BCUT2D eigenvalue weighted by atomic mass is 19.1. The third-order valence-corrected chi connectivity index (χ3v) is 3.87. The van der Waals surface area contributed by atoms with E-state index in [1.54, 1.807) is 35.2 Å². The first-order chi connectivity index (χ1) is 13.0. The Morgan fingerprint density at radius 2 is 1.85 bits per heavy atom. The largest absolute Gasteiger partial charge is 0.492 e. The van der Waals surface area contributed by atoms with Crippen molar-refractivity contribution < 1.29 is 18.3 Å². The van der Waals surface area contributed by atoms with Gasteiger partial charge in [-0.15, -0.1) is 0 Å². The smallest absolute Gasteiger partial charge is 0.317 e. The lowest BCUT2D eigenvalue weighted by Gasteiger charge is -2.25. The first-order valence-corrected chi connectivity index (χ1v) is 8.75. The lowest BCUT2D eigenvalue weighted by atomic mass is 10.2. The molecule has 1 N–H and O–H groups in total. The molecule has 0 unspecified atom stereocenters. The Kier molecular flexibility index (Phi) is 8.00. The van der Waals surface area contributed by atoms with E-state index in [4.69, 9.17) is 4.74 Å². The van der Waals surface area contributed by atoms with Crippen LogP contribution in [0.1, 0.15) is 5.56 Å². The average Bonchev–Trinajstić information content (AvgIpc) is 2.63. The number of amides is 2. The van der Waals surface area contributed by atoms with Gasteiger partial charge >= 0.3 is 6.03 Å². The summed E-state index contributed by atoms with van der Waals surface area (Å²) in [4.78, 5) is 16.0. The fourth-order valence-corrected chi connectivity index (χ4v) is 2.40. The minimum Gasteiger partial charge on any atom is -0.492 e. The summed E-state index contributed by atoms with van der Waals surface area (Å²) in [5.74, 6) is -0.314. The van der Waals surface area contributed by atoms with Gasteiger partial charge in [0.1, 0.15) is 24.0 Å². The van der Waals surface area contributed by atoms with Gasteiger partial charge in [-0.3, -0.25) is 0 Å². The first-order valence-electron chi connectivity index (χ1n) is 8.75. The molecule has 27 heavy (non-hydrogen) atoms. The molecule has 0 aromatic heterocycles. The third-order valence-electron chi connectivity index (χ3n) is 3.87. The van der Waals surface area contributed by atoms with Crippen molar-refractivity contribution in [1.82, 2.24) is 15.1 Å². The molecule has 0 atom stereocenters. The zero-order valence-corrected chi connectivity index (χ0v) is 15.6. The Morgan fingerprint density at radius 1 is 1.07 bits per heavy atom. The highest BCUT2D eigenvalue weighted by molar-refractivity contribution is 5.74. The second-order valence-corrected chi connectivity index (χ2v) is 6.35. The van der Waals surface area contributed by atoms with Crippen LogP contribution in [0.4, 0.5) is 13.6 Å². The molecular formula is C20H25F2N3O2. The Balaban J connectivity index is 1.87. The van der Waals surface area contributed by atoms with Crippen molar-refractivity contribution in [2.75, 3.05) is 40.3 Å². The SMILES string of the molecule is CN(C)CCN(Cc1ccccc1F)C(=O)NCCOc1cccc(F)c1. The number of carbonyl (C=O) groups excluding carboxylic acids is 1. The molecule has 7 heteroatoms. The number of ether oxygens (including phenoxy) is 1. The molecule has 0 radical (unpaired) electrons. The summed E-state index contributed by atoms with van der Waals surface area (Å²) in [5, 5.41) is 2.76. The number of hydrogen-bond donors (Lipinski definition) is 1. The zero-order valence-electron chi connectivity index (χ0n) is 15.6. The first kappa shape index (κ1) is 20.6. The number of nitrogens with one attached hydrogen (secondary N) is 1. The van der Waals surface area contributed by atoms with Gasteiger partial charge in [-0.2, -0.15) is 0 Å². The van der Waals surface area contributed by atoms with Crippen LogP contribution >= 0.6 is 0 Å². The van der Waals surface area contributed by atoms with E-state index in [0.29, 0.717) is 24.4 Å². The maximum Gasteiger partial charge on any atom is 0.317 e. The van der Waals surface area contributed by atoms with Gasteiger partial charge in [0, 0.05) is 24.7 Å². The molecule has 0 saturated carbocycles. The molecule has 5 nitrogen and oxygen atoms in total. The predicted octanol–water partition coefficient (Wildman–Crippen LogP) is 3.12. The van der Waals surface area contributed by atoms with Crippen molar-refractivity contribution in [1.29, 1.82) is 0 Å². The van der Waals surface area contributed by atoms with Crippen LogP contribution in [-0.2, 0) is 6.54 Å². The van der Waals surface area contributed by atoms with Crippen LogP contribution in [0.25, 0.3) is 0 Å². The topological polar surface area (TPSA) is 44.8 Å². The molecular weight excluding hydrogens is 352 g/mol. The summed E-state index contributed by atoms with van der Waals surface area (Å²) in [6.45, 7) is 1.75. The lowest BCUT2D eigenvalue weighted by Crippen LogP contribution is -2.44. The van der Waals surface area contributed by atoms with Crippen LogP contribution in [0.2, 0.25) is 0 Å². The van der Waals surface area contributed by atoms with Crippen LogP contribution < -0.4 is 10.1 Å². The predicted molar refractivity (Wildman–Crippen MR) is 101 cm³/mol. The van der Waals surface area contributed by atoms with E-state index >= 15 is 0 Å². The minimum atomic E-state index is -0.378. The molecule has 0 heterocycles. The summed E-state index contributed by atoms with van der Waals surface area (Å²) in [5.41, 5.74) is 0.461. The van der Waals surface area contributed by atoms with E-state index in [1.165, 1.54) is 18.2 Å². The van der Waals surface area contributed by atoms with Crippen molar-refractivity contribution in [3.63, 3.8) is 0 Å². The molecule has 0 spiro atoms. The fraction of sp³-hybridized carbons (Fsp3) is 0.350. The number of likely N-dealkylation sites (N-methyl/N-ethyl adjacent to an activating group) is 1. The average molecular weight is 377 g/mol. The maximum absolute atomic E-state index is 13.9. The van der Waals surface area contributed by atoms with Gasteiger partial charge in [-0.05, 0) is 32.3 Å². The van der Waals surface area contributed by atoms with Crippen LogP contribution in [0, 0.1) is 11.6 Å². The fourth-order valence-electron chi connectivity index (χ4n) is 2.40. The molecule has 2 rings (SSSR count). The molecule has 2 amide bonds. The van der Waals surface area contributed by atoms with Gasteiger partial charge in [0.2, 0.25) is 0 Å². The van der Waals surface area contributed by atoms with Gasteiger partial charge in [-0.1, -0.05) is 24.3 Å². The third kappa shape index (κ3) is 7.22. The Morgan fingerprint density at radius 3 is 2.56 bits per heavy atom. The zero-order chi connectivity index (χ0) is 19.6. The number of rotatable bonds is 9. The van der Waals surface area contributed by atoms with Crippen molar-refractivity contribution in [2.24, 2.45) is 0 Å². The molecule has 0 fully saturated rings. The van der Waals surface area contributed by atoms with Gasteiger partial charge in [0.25, 0.3) is 0 Å². The second-order valence-electron chi connectivity index (χ2n) is 6.35. The standard InChI is InChI=1S/C20H25F2N3O2/c1-24(2)11-12-25(15-16-6-3-4-9-19(16)22)20(26)23-10-13-27-18-8-5-7-17(21)14-18/h3-9,14H,10-13,15H2,1-2H3,(H,23,26). The van der Waals surface area contributed by atoms with Crippen molar-refractivity contribution in [3.05, 3.63) is 65.7 Å². The minimum absolute atomic E-state index is 0.178. The van der Waals surface area contributed by atoms with E-state index in [1.807, 2.05) is 19.0 Å². The van der Waals surface area contributed by atoms with E-state index in [-0.39, 0.29) is 37.4 Å². The maximum atomic E-state index is 13.9. The molecule has 146 valence electrons. The molecule has 0 aliphatic heterocycles. The highest BCUT2D eigenvalue weighted by Crippen LogP contribution is 2.12. The number of carbonyl (C=O) groups is 1. The van der Waals surface area contributed by atoms with Gasteiger partial charge in [-0.25, -0.2) is 13.6 Å². The summed E-state index contributed by atoms with van der Waals surface area (Å²) in [6.07, 6.45) is 0. The van der Waals surface area contributed by atoms with Crippen LogP contribution in [0.15, 0.2) is 48.5 Å². The second kappa shape index (κ2) is 10.5. The Bertz CT molecular complexity index is 741. The summed E-state index contributed by atoms with van der Waals surface area (Å²) in [7, 11) is 3.82. The summed E-state index contributed by atoms with van der Waals surface area (Å²) < 4.78 is 32.4. The molecule has 0 bridgehead atoms. The Labute approximate surface area is 158 Å². The molecule has 0 aliphatic rings. The molecule has 2 aromatic carbocycles. The number of benzene rings is 2. The monoisotopic (exact) mass is 377 g/mol. The quantitative estimate of drug-likeness (QED) is 0.683. The Hall–Kier alpha value is -2.67. The summed E-state index contributed by atoms with van der Waals surface area (Å²) >= 11 is 0. The molecule has 0 aliphatic carbocycles. The van der Waals surface area contributed by atoms with Crippen molar-refractivity contribution in [2.45, 2.75) is 6.54 Å². The van der Waals surface area contributed by atoms with E-state index < -0.39 is 0 Å². The van der Waals surface area contributed by atoms with Gasteiger partial charge in [0.15, 0.2) is 0 Å². The number of halogens is 2. The summed E-state index contributed by atoms with van der Waals surface area (Å²) in [6, 6.07) is 11.9.